The lowest BCUT2D eigenvalue weighted by Gasteiger charge is -2.06. The predicted molar refractivity (Wildman–Crippen MR) is 120 cm³/mol. The maximum atomic E-state index is 12.8. The van der Waals surface area contributed by atoms with Crippen LogP contribution in [0.2, 0.25) is 0 Å². The van der Waals surface area contributed by atoms with E-state index in [1.165, 1.54) is 0 Å². The van der Waals surface area contributed by atoms with E-state index in [0.717, 1.165) is 40.2 Å². The Bertz CT molecular complexity index is 998. The molecule has 3 aromatic rings. The molecule has 0 fully saturated rings. The number of hydrogen-bond acceptors (Lipinski definition) is 3. The van der Waals surface area contributed by atoms with Gasteiger partial charge in [-0.25, -0.2) is 4.39 Å². The Hall–Kier alpha value is -3.45. The van der Waals surface area contributed by atoms with E-state index in [1.807, 2.05) is 48.5 Å². The second kappa shape index (κ2) is 10.9. The van der Waals surface area contributed by atoms with Crippen molar-refractivity contribution < 1.29 is 9.13 Å². The van der Waals surface area contributed by atoms with Gasteiger partial charge in [-0.2, -0.15) is 0 Å². The maximum absolute atomic E-state index is 12.8. The quantitative estimate of drug-likeness (QED) is 0.254. The second-order valence-electron chi connectivity index (χ2n) is 6.96. The minimum atomic E-state index is -0.755. The SMILES string of the molecule is C=CCOc1ccc(-c2cnc(-c3ccc(C#CCCCC(C)F)cc3)cn2)cc1. The number of nitrogens with zero attached hydrogens (tertiary/aromatic N) is 2. The summed E-state index contributed by atoms with van der Waals surface area (Å²) >= 11 is 0. The molecule has 0 aliphatic heterocycles. The molecule has 0 saturated carbocycles. The summed E-state index contributed by atoms with van der Waals surface area (Å²) in [6.07, 6.45) is 6.57. The number of aromatic nitrogens is 2. The number of rotatable bonds is 8. The van der Waals surface area contributed by atoms with Crippen LogP contribution >= 0.6 is 0 Å². The van der Waals surface area contributed by atoms with Gasteiger partial charge in [0.15, 0.2) is 0 Å². The topological polar surface area (TPSA) is 35.0 Å². The molecule has 1 atom stereocenters. The Balaban J connectivity index is 1.62. The van der Waals surface area contributed by atoms with E-state index in [2.05, 4.69) is 28.4 Å². The molecule has 0 aliphatic rings. The lowest BCUT2D eigenvalue weighted by Crippen LogP contribution is -1.93. The zero-order valence-corrected chi connectivity index (χ0v) is 17.1. The normalized spacial score (nSPS) is 11.3. The first-order valence-electron chi connectivity index (χ1n) is 10.1. The molecule has 0 saturated heterocycles. The molecule has 152 valence electrons. The molecule has 1 aromatic heterocycles. The number of halogens is 1. The molecule has 0 amide bonds. The van der Waals surface area contributed by atoms with Crippen LogP contribution in [0, 0.1) is 11.8 Å². The first-order valence-corrected chi connectivity index (χ1v) is 10.1. The summed E-state index contributed by atoms with van der Waals surface area (Å²) in [6, 6.07) is 15.7. The van der Waals surface area contributed by atoms with Crippen LogP contribution < -0.4 is 4.74 Å². The lowest BCUT2D eigenvalue weighted by atomic mass is 10.1. The number of unbranched alkanes of at least 4 members (excludes halogenated alkanes) is 1. The van der Waals surface area contributed by atoms with E-state index < -0.39 is 6.17 Å². The van der Waals surface area contributed by atoms with Crippen LogP contribution in [0.25, 0.3) is 22.5 Å². The van der Waals surface area contributed by atoms with Crippen LogP contribution in [0.3, 0.4) is 0 Å². The predicted octanol–water partition coefficient (Wildman–Crippen LogP) is 6.26. The summed E-state index contributed by atoms with van der Waals surface area (Å²) in [5.74, 6) is 7.01. The molecule has 30 heavy (non-hydrogen) atoms. The minimum absolute atomic E-state index is 0.483. The van der Waals surface area contributed by atoms with Crippen molar-refractivity contribution in [2.45, 2.75) is 32.4 Å². The Morgan fingerprint density at radius 2 is 1.60 bits per heavy atom. The molecule has 2 aromatic carbocycles. The highest BCUT2D eigenvalue weighted by Gasteiger charge is 2.04. The van der Waals surface area contributed by atoms with Crippen LogP contribution in [0.5, 0.6) is 5.75 Å². The van der Waals surface area contributed by atoms with Gasteiger partial charge in [-0.3, -0.25) is 9.97 Å². The molecule has 0 N–H and O–H groups in total. The first-order chi connectivity index (χ1) is 14.7. The average molecular weight is 400 g/mol. The molecular formula is C26H25FN2O. The summed E-state index contributed by atoms with van der Waals surface area (Å²) in [6.45, 7) is 5.71. The van der Waals surface area contributed by atoms with Crippen LogP contribution in [0.4, 0.5) is 4.39 Å². The van der Waals surface area contributed by atoms with Crippen molar-refractivity contribution in [3.05, 3.63) is 79.1 Å². The molecule has 0 aliphatic carbocycles. The summed E-state index contributed by atoms with van der Waals surface area (Å²) in [7, 11) is 0. The third kappa shape index (κ3) is 6.28. The maximum Gasteiger partial charge on any atom is 0.119 e. The Morgan fingerprint density at radius 3 is 2.13 bits per heavy atom. The molecule has 0 radical (unpaired) electrons. The van der Waals surface area contributed by atoms with Crippen LogP contribution in [0.15, 0.2) is 73.6 Å². The summed E-state index contributed by atoms with van der Waals surface area (Å²) in [5, 5.41) is 0. The molecule has 4 heteroatoms. The van der Waals surface area contributed by atoms with Crippen LogP contribution in [-0.4, -0.2) is 22.7 Å². The zero-order valence-electron chi connectivity index (χ0n) is 17.1. The van der Waals surface area contributed by atoms with Gasteiger partial charge in [0.1, 0.15) is 12.4 Å². The molecule has 0 bridgehead atoms. The van der Waals surface area contributed by atoms with Gasteiger partial charge in [0, 0.05) is 23.1 Å². The van der Waals surface area contributed by atoms with Crippen molar-refractivity contribution in [1.29, 1.82) is 0 Å². The Kier molecular flexibility index (Phi) is 7.74. The fraction of sp³-hybridized carbons (Fsp3) is 0.231. The van der Waals surface area contributed by atoms with Gasteiger partial charge in [0.2, 0.25) is 0 Å². The van der Waals surface area contributed by atoms with Crippen molar-refractivity contribution in [3.63, 3.8) is 0 Å². The second-order valence-corrected chi connectivity index (χ2v) is 6.96. The highest BCUT2D eigenvalue weighted by Crippen LogP contribution is 2.22. The van der Waals surface area contributed by atoms with E-state index in [-0.39, 0.29) is 0 Å². The van der Waals surface area contributed by atoms with Gasteiger partial charge in [-0.15, -0.1) is 0 Å². The fourth-order valence-electron chi connectivity index (χ4n) is 2.86. The zero-order chi connectivity index (χ0) is 21.2. The standard InChI is InChI=1S/C26H25FN2O/c1-3-17-30-24-15-13-23(14-16-24)26-19-28-25(18-29-26)22-11-9-21(10-12-22)8-6-4-5-7-20(2)27/h3,9-16,18-20H,1,4-5,7,17H2,2H3. The van der Waals surface area contributed by atoms with Crippen molar-refractivity contribution in [2.75, 3.05) is 6.61 Å². The lowest BCUT2D eigenvalue weighted by molar-refractivity contribution is 0.336. The molecule has 1 unspecified atom stereocenters. The summed E-state index contributed by atoms with van der Waals surface area (Å²) < 4.78 is 18.3. The van der Waals surface area contributed by atoms with Gasteiger partial charge in [0.25, 0.3) is 0 Å². The first kappa shape index (κ1) is 21.3. The highest BCUT2D eigenvalue weighted by molar-refractivity contribution is 5.63. The van der Waals surface area contributed by atoms with Crippen molar-refractivity contribution >= 4 is 0 Å². The molecular weight excluding hydrogens is 375 g/mol. The third-order valence-electron chi connectivity index (χ3n) is 4.49. The number of benzene rings is 2. The third-order valence-corrected chi connectivity index (χ3v) is 4.49. The monoisotopic (exact) mass is 400 g/mol. The van der Waals surface area contributed by atoms with E-state index in [0.29, 0.717) is 19.4 Å². The molecule has 0 spiro atoms. The van der Waals surface area contributed by atoms with Gasteiger partial charge < -0.3 is 4.74 Å². The molecule has 3 nitrogen and oxygen atoms in total. The summed E-state index contributed by atoms with van der Waals surface area (Å²) in [4.78, 5) is 9.10. The minimum Gasteiger partial charge on any atom is -0.490 e. The van der Waals surface area contributed by atoms with E-state index in [4.69, 9.17) is 4.74 Å². The smallest absolute Gasteiger partial charge is 0.119 e. The average Bonchev–Trinajstić information content (AvgIpc) is 2.78. The van der Waals surface area contributed by atoms with Gasteiger partial charge in [-0.05, 0) is 56.2 Å². The number of hydrogen-bond donors (Lipinski definition) is 0. The van der Waals surface area contributed by atoms with Gasteiger partial charge >= 0.3 is 0 Å². The van der Waals surface area contributed by atoms with E-state index in [1.54, 1.807) is 25.4 Å². The van der Waals surface area contributed by atoms with Gasteiger partial charge in [-0.1, -0.05) is 36.6 Å². The van der Waals surface area contributed by atoms with Crippen molar-refractivity contribution in [1.82, 2.24) is 9.97 Å². The molecule has 1 heterocycles. The number of ether oxygens (including phenoxy) is 1. The summed E-state index contributed by atoms with van der Waals surface area (Å²) in [5.41, 5.74) is 4.52. The van der Waals surface area contributed by atoms with Crippen LogP contribution in [0.1, 0.15) is 31.7 Å². The Labute approximate surface area is 177 Å². The largest absolute Gasteiger partial charge is 0.490 e. The van der Waals surface area contributed by atoms with Crippen molar-refractivity contribution in [3.8, 4) is 40.1 Å². The van der Waals surface area contributed by atoms with E-state index in [9.17, 15) is 4.39 Å². The van der Waals surface area contributed by atoms with Crippen molar-refractivity contribution in [2.24, 2.45) is 0 Å². The Morgan fingerprint density at radius 1 is 1.00 bits per heavy atom. The fourth-order valence-corrected chi connectivity index (χ4v) is 2.86. The van der Waals surface area contributed by atoms with Crippen LogP contribution in [-0.2, 0) is 0 Å². The number of alkyl halides is 1. The van der Waals surface area contributed by atoms with Gasteiger partial charge in [0.05, 0.1) is 30.0 Å². The highest BCUT2D eigenvalue weighted by atomic mass is 19.1. The molecule has 3 rings (SSSR count). The van der Waals surface area contributed by atoms with E-state index >= 15 is 0 Å².